The average molecular weight is 260 g/mol. The van der Waals surface area contributed by atoms with E-state index in [-0.39, 0.29) is 6.54 Å². The molecule has 1 rings (SSSR count). The lowest BCUT2D eigenvalue weighted by Gasteiger charge is -2.24. The number of nitrogens with zero attached hydrogens (tertiary/aromatic N) is 1. The van der Waals surface area contributed by atoms with Gasteiger partial charge in [0.05, 0.1) is 11.4 Å². The predicted octanol–water partition coefficient (Wildman–Crippen LogP) is 2.96. The maximum atomic E-state index is 12.2. The van der Waals surface area contributed by atoms with Crippen molar-refractivity contribution in [3.8, 4) is 0 Å². The van der Waals surface area contributed by atoms with Gasteiger partial charge >= 0.3 is 6.18 Å². The summed E-state index contributed by atoms with van der Waals surface area (Å²) in [6.07, 6.45) is -5.42. The molecule has 0 aliphatic carbocycles. The SMILES string of the molecule is CCCN(C(=O)CC(F)(F)F)c1ccccc1N. The summed E-state index contributed by atoms with van der Waals surface area (Å²) < 4.78 is 36.7. The summed E-state index contributed by atoms with van der Waals surface area (Å²) in [6.45, 7) is 2.00. The number of nitrogens with two attached hydrogens (primary N) is 1. The Labute approximate surface area is 103 Å². The summed E-state index contributed by atoms with van der Waals surface area (Å²) in [7, 11) is 0. The molecule has 0 aliphatic heterocycles. The van der Waals surface area contributed by atoms with E-state index in [4.69, 9.17) is 5.73 Å². The molecule has 0 atom stereocenters. The number of para-hydroxylation sites is 2. The van der Waals surface area contributed by atoms with Gasteiger partial charge in [-0.1, -0.05) is 19.1 Å². The second-order valence-corrected chi connectivity index (χ2v) is 3.90. The Balaban J connectivity index is 2.96. The van der Waals surface area contributed by atoms with Crippen molar-refractivity contribution in [3.05, 3.63) is 24.3 Å². The van der Waals surface area contributed by atoms with Crippen LogP contribution in [0.15, 0.2) is 24.3 Å². The fraction of sp³-hybridized carbons (Fsp3) is 0.417. The van der Waals surface area contributed by atoms with E-state index in [9.17, 15) is 18.0 Å². The molecule has 0 unspecified atom stereocenters. The minimum atomic E-state index is -4.51. The fourth-order valence-electron chi connectivity index (χ4n) is 1.60. The van der Waals surface area contributed by atoms with Gasteiger partial charge in [-0.3, -0.25) is 4.79 Å². The van der Waals surface area contributed by atoms with Crippen molar-refractivity contribution in [2.24, 2.45) is 0 Å². The second-order valence-electron chi connectivity index (χ2n) is 3.90. The van der Waals surface area contributed by atoms with E-state index in [0.717, 1.165) is 4.90 Å². The first-order valence-electron chi connectivity index (χ1n) is 5.56. The number of rotatable bonds is 4. The minimum Gasteiger partial charge on any atom is -0.397 e. The van der Waals surface area contributed by atoms with Crippen LogP contribution in [0.2, 0.25) is 0 Å². The Hall–Kier alpha value is -1.72. The first-order valence-corrected chi connectivity index (χ1v) is 5.56. The molecule has 0 radical (unpaired) electrons. The average Bonchev–Trinajstić information content (AvgIpc) is 2.24. The summed E-state index contributed by atoms with van der Waals surface area (Å²) in [5.41, 5.74) is 6.30. The van der Waals surface area contributed by atoms with Gasteiger partial charge in [-0.25, -0.2) is 0 Å². The number of halogens is 3. The normalized spacial score (nSPS) is 11.3. The van der Waals surface area contributed by atoms with Gasteiger partial charge in [-0.05, 0) is 18.6 Å². The third-order valence-electron chi connectivity index (χ3n) is 2.33. The van der Waals surface area contributed by atoms with Crippen molar-refractivity contribution in [2.75, 3.05) is 17.2 Å². The van der Waals surface area contributed by atoms with Crippen LogP contribution in [0.4, 0.5) is 24.5 Å². The lowest BCUT2D eigenvalue weighted by molar-refractivity contribution is -0.151. The molecule has 0 heterocycles. The predicted molar refractivity (Wildman–Crippen MR) is 64.2 cm³/mol. The molecule has 1 aromatic carbocycles. The van der Waals surface area contributed by atoms with Crippen LogP contribution in [0.5, 0.6) is 0 Å². The van der Waals surface area contributed by atoms with Crippen LogP contribution in [0.3, 0.4) is 0 Å². The number of carbonyl (C=O) groups excluding carboxylic acids is 1. The summed E-state index contributed by atoms with van der Waals surface area (Å²) in [6, 6.07) is 6.39. The van der Waals surface area contributed by atoms with Crippen molar-refractivity contribution < 1.29 is 18.0 Å². The van der Waals surface area contributed by atoms with Crippen LogP contribution in [-0.4, -0.2) is 18.6 Å². The summed E-state index contributed by atoms with van der Waals surface area (Å²) in [4.78, 5) is 12.7. The lowest BCUT2D eigenvalue weighted by atomic mass is 10.2. The monoisotopic (exact) mass is 260 g/mol. The first kappa shape index (κ1) is 14.3. The molecule has 1 amide bonds. The number of alkyl halides is 3. The van der Waals surface area contributed by atoms with E-state index in [0.29, 0.717) is 17.8 Å². The molecule has 100 valence electrons. The number of hydrogen-bond donors (Lipinski definition) is 1. The highest BCUT2D eigenvalue weighted by molar-refractivity contribution is 5.96. The van der Waals surface area contributed by atoms with Gasteiger partial charge in [0.25, 0.3) is 0 Å². The van der Waals surface area contributed by atoms with Crippen LogP contribution in [0.1, 0.15) is 19.8 Å². The third kappa shape index (κ3) is 3.94. The molecular weight excluding hydrogens is 245 g/mol. The zero-order valence-corrected chi connectivity index (χ0v) is 10.00. The zero-order chi connectivity index (χ0) is 13.8. The van der Waals surface area contributed by atoms with E-state index in [2.05, 4.69) is 0 Å². The Morgan fingerprint density at radius 1 is 1.33 bits per heavy atom. The molecule has 3 nitrogen and oxygen atoms in total. The Kier molecular flexibility index (Phi) is 4.58. The van der Waals surface area contributed by atoms with Gasteiger partial charge in [0, 0.05) is 6.54 Å². The zero-order valence-electron chi connectivity index (χ0n) is 10.00. The largest absolute Gasteiger partial charge is 0.397 e. The van der Waals surface area contributed by atoms with Crippen molar-refractivity contribution >= 4 is 17.3 Å². The van der Waals surface area contributed by atoms with Crippen molar-refractivity contribution in [3.63, 3.8) is 0 Å². The quantitative estimate of drug-likeness (QED) is 0.846. The van der Waals surface area contributed by atoms with Crippen LogP contribution < -0.4 is 10.6 Å². The molecule has 0 bridgehead atoms. The number of benzene rings is 1. The molecular formula is C12H15F3N2O. The molecule has 0 aromatic heterocycles. The summed E-state index contributed by atoms with van der Waals surface area (Å²) in [5, 5.41) is 0. The van der Waals surface area contributed by atoms with Crippen molar-refractivity contribution in [1.29, 1.82) is 0 Å². The highest BCUT2D eigenvalue weighted by Crippen LogP contribution is 2.27. The first-order chi connectivity index (χ1) is 8.35. The van der Waals surface area contributed by atoms with Gasteiger partial charge in [-0.2, -0.15) is 13.2 Å². The van der Waals surface area contributed by atoms with E-state index in [1.807, 2.05) is 0 Å². The molecule has 0 aliphatic rings. The Morgan fingerprint density at radius 2 is 1.94 bits per heavy atom. The van der Waals surface area contributed by atoms with Gasteiger partial charge in [0.1, 0.15) is 6.42 Å². The van der Waals surface area contributed by atoms with Gasteiger partial charge in [0.2, 0.25) is 5.91 Å². The van der Waals surface area contributed by atoms with Crippen LogP contribution in [0, 0.1) is 0 Å². The molecule has 2 N–H and O–H groups in total. The highest BCUT2D eigenvalue weighted by atomic mass is 19.4. The van der Waals surface area contributed by atoms with Crippen LogP contribution in [0.25, 0.3) is 0 Å². The Bertz CT molecular complexity index is 418. The lowest BCUT2D eigenvalue weighted by Crippen LogP contribution is -2.35. The summed E-state index contributed by atoms with van der Waals surface area (Å²) in [5.74, 6) is -0.984. The molecule has 0 fully saturated rings. The third-order valence-corrected chi connectivity index (χ3v) is 2.33. The van der Waals surface area contributed by atoms with E-state index in [1.165, 1.54) is 0 Å². The van der Waals surface area contributed by atoms with Crippen LogP contribution in [-0.2, 0) is 4.79 Å². The second kappa shape index (κ2) is 5.75. The van der Waals surface area contributed by atoms with Gasteiger partial charge in [-0.15, -0.1) is 0 Å². The molecule has 1 aromatic rings. The smallest absolute Gasteiger partial charge is 0.397 e. The topological polar surface area (TPSA) is 46.3 Å². The van der Waals surface area contributed by atoms with Gasteiger partial charge in [0.15, 0.2) is 0 Å². The molecule has 6 heteroatoms. The van der Waals surface area contributed by atoms with E-state index in [1.54, 1.807) is 31.2 Å². The number of nitrogen functional groups attached to an aromatic ring is 1. The minimum absolute atomic E-state index is 0.211. The number of hydrogen-bond acceptors (Lipinski definition) is 2. The molecule has 0 saturated heterocycles. The maximum Gasteiger partial charge on any atom is 0.397 e. The van der Waals surface area contributed by atoms with Crippen molar-refractivity contribution in [1.82, 2.24) is 0 Å². The van der Waals surface area contributed by atoms with Gasteiger partial charge < -0.3 is 10.6 Å². The number of amides is 1. The van der Waals surface area contributed by atoms with Crippen molar-refractivity contribution in [2.45, 2.75) is 25.9 Å². The fourth-order valence-corrected chi connectivity index (χ4v) is 1.60. The number of anilines is 2. The van der Waals surface area contributed by atoms with E-state index >= 15 is 0 Å². The molecule has 18 heavy (non-hydrogen) atoms. The number of carbonyl (C=O) groups is 1. The van der Waals surface area contributed by atoms with E-state index < -0.39 is 18.5 Å². The highest BCUT2D eigenvalue weighted by Gasteiger charge is 2.34. The standard InChI is InChI=1S/C12H15F3N2O/c1-2-7-17(11(18)8-12(13,14)15)10-6-4-3-5-9(10)16/h3-6H,2,7-8,16H2,1H3. The van der Waals surface area contributed by atoms with Crippen LogP contribution >= 0.6 is 0 Å². The molecule has 0 saturated carbocycles. The Morgan fingerprint density at radius 3 is 2.44 bits per heavy atom. The maximum absolute atomic E-state index is 12.2. The summed E-state index contributed by atoms with van der Waals surface area (Å²) >= 11 is 0. The molecule has 0 spiro atoms.